The van der Waals surface area contributed by atoms with Crippen molar-refractivity contribution in [3.05, 3.63) is 52.6 Å². The number of hydrogen-bond donors (Lipinski definition) is 0. The van der Waals surface area contributed by atoms with E-state index < -0.39 is 0 Å². The molecule has 2 nitrogen and oxygen atoms in total. The molecule has 5 rings (SSSR count). The van der Waals surface area contributed by atoms with Gasteiger partial charge in [-0.05, 0) is 103 Å². The molecule has 2 saturated carbocycles. The summed E-state index contributed by atoms with van der Waals surface area (Å²) in [4.78, 5) is 26.3. The number of Topliss-reactive ketones (excluding diaryl/α,β-unsaturated/α-hetero) is 1. The molecule has 0 aromatic heterocycles. The number of thioether (sulfide) groups is 1. The van der Waals surface area contributed by atoms with E-state index in [2.05, 4.69) is 44.4 Å². The molecule has 0 aliphatic heterocycles. The molecule has 3 heteroatoms. The van der Waals surface area contributed by atoms with Crippen molar-refractivity contribution < 1.29 is 9.59 Å². The lowest BCUT2D eigenvalue weighted by molar-refractivity contribution is -0.126. The highest BCUT2D eigenvalue weighted by atomic mass is 32.2. The molecule has 6 atom stereocenters. The minimum absolute atomic E-state index is 0.0640. The highest BCUT2D eigenvalue weighted by Crippen LogP contribution is 2.66. The summed E-state index contributed by atoms with van der Waals surface area (Å²) in [5.74, 6) is 2.80. The van der Waals surface area contributed by atoms with Crippen LogP contribution in [-0.4, -0.2) is 17.8 Å². The van der Waals surface area contributed by atoms with E-state index in [0.717, 1.165) is 32.1 Å². The van der Waals surface area contributed by atoms with Gasteiger partial charge in [0.1, 0.15) is 5.78 Å². The zero-order valence-electron chi connectivity index (χ0n) is 19.2. The maximum Gasteiger partial charge on any atom is 0.156 e. The lowest BCUT2D eigenvalue weighted by atomic mass is 9.51. The van der Waals surface area contributed by atoms with E-state index in [-0.39, 0.29) is 11.3 Å². The van der Waals surface area contributed by atoms with Gasteiger partial charge in [0.05, 0.1) is 0 Å². The fourth-order valence-corrected chi connectivity index (χ4v) is 8.44. The SMILES string of the molecule is CSc1ccc([C@H]2C[C@@]3(C)[C@@H](C[C@@H](C)[C@@H]3C(C)=O)[C@@H]3CCC4=CC(=O)CCC4=C32)cc1. The van der Waals surface area contributed by atoms with Crippen LogP contribution in [0, 0.1) is 29.1 Å². The van der Waals surface area contributed by atoms with Gasteiger partial charge < -0.3 is 0 Å². The van der Waals surface area contributed by atoms with Crippen molar-refractivity contribution >= 4 is 23.3 Å². The first kappa shape index (κ1) is 21.2. The van der Waals surface area contributed by atoms with Gasteiger partial charge in [-0.2, -0.15) is 0 Å². The van der Waals surface area contributed by atoms with Crippen LogP contribution in [0.2, 0.25) is 0 Å². The average Bonchev–Trinajstić information content (AvgIpc) is 3.02. The molecule has 2 fully saturated rings. The van der Waals surface area contributed by atoms with E-state index in [9.17, 15) is 9.59 Å². The van der Waals surface area contributed by atoms with Crippen molar-refractivity contribution in [3.8, 4) is 0 Å². The van der Waals surface area contributed by atoms with Crippen molar-refractivity contribution in [2.45, 2.75) is 70.1 Å². The molecule has 4 aliphatic rings. The maximum absolute atomic E-state index is 12.8. The molecule has 0 unspecified atom stereocenters. The fraction of sp³-hybridized carbons (Fsp3) is 0.571. The molecule has 0 bridgehead atoms. The number of benzene rings is 1. The molecule has 0 amide bonds. The summed E-state index contributed by atoms with van der Waals surface area (Å²) in [6.45, 7) is 6.55. The second-order valence-electron chi connectivity index (χ2n) is 10.7. The Balaban J connectivity index is 1.67. The minimum atomic E-state index is 0.0640. The summed E-state index contributed by atoms with van der Waals surface area (Å²) in [6.07, 6.45) is 10.0. The summed E-state index contributed by atoms with van der Waals surface area (Å²) < 4.78 is 0. The van der Waals surface area contributed by atoms with Crippen LogP contribution < -0.4 is 0 Å². The van der Waals surface area contributed by atoms with E-state index in [1.54, 1.807) is 17.3 Å². The van der Waals surface area contributed by atoms with E-state index in [1.807, 2.05) is 13.0 Å². The predicted octanol–water partition coefficient (Wildman–Crippen LogP) is 6.76. The lowest BCUT2D eigenvalue weighted by Gasteiger charge is -2.52. The first-order valence-electron chi connectivity index (χ1n) is 11.9. The summed E-state index contributed by atoms with van der Waals surface area (Å²) in [5, 5.41) is 0. The Morgan fingerprint density at radius 1 is 1.13 bits per heavy atom. The largest absolute Gasteiger partial charge is 0.300 e. The zero-order chi connectivity index (χ0) is 21.9. The van der Waals surface area contributed by atoms with Crippen molar-refractivity contribution in [1.29, 1.82) is 0 Å². The van der Waals surface area contributed by atoms with Crippen LogP contribution in [0.1, 0.15) is 70.8 Å². The lowest BCUT2D eigenvalue weighted by Crippen LogP contribution is -2.45. The third-order valence-corrected chi connectivity index (χ3v) is 9.77. The Bertz CT molecular complexity index is 985. The van der Waals surface area contributed by atoms with Crippen LogP contribution >= 0.6 is 11.8 Å². The molecule has 1 aromatic carbocycles. The molecular weight excluding hydrogens is 400 g/mol. The first-order valence-corrected chi connectivity index (χ1v) is 13.2. The van der Waals surface area contributed by atoms with Crippen LogP contribution in [0.5, 0.6) is 0 Å². The van der Waals surface area contributed by atoms with Crippen molar-refractivity contribution in [2.75, 3.05) is 6.26 Å². The maximum atomic E-state index is 12.8. The van der Waals surface area contributed by atoms with E-state index in [1.165, 1.54) is 21.6 Å². The van der Waals surface area contributed by atoms with Gasteiger partial charge in [0.25, 0.3) is 0 Å². The number of carbonyl (C=O) groups is 2. The Labute approximate surface area is 191 Å². The van der Waals surface area contributed by atoms with Crippen LogP contribution in [0.15, 0.2) is 52.0 Å². The van der Waals surface area contributed by atoms with Gasteiger partial charge in [0.2, 0.25) is 0 Å². The molecule has 0 radical (unpaired) electrons. The zero-order valence-corrected chi connectivity index (χ0v) is 20.1. The Morgan fingerprint density at radius 2 is 1.87 bits per heavy atom. The normalized spacial score (nSPS) is 37.1. The van der Waals surface area contributed by atoms with Crippen molar-refractivity contribution in [2.24, 2.45) is 29.1 Å². The number of hydrogen-bond acceptors (Lipinski definition) is 3. The van der Waals surface area contributed by atoms with E-state index in [0.29, 0.717) is 41.7 Å². The van der Waals surface area contributed by atoms with Crippen molar-refractivity contribution in [1.82, 2.24) is 0 Å². The summed E-state index contributed by atoms with van der Waals surface area (Å²) in [6, 6.07) is 9.13. The molecule has 0 spiro atoms. The summed E-state index contributed by atoms with van der Waals surface area (Å²) in [7, 11) is 0. The molecule has 164 valence electrons. The average molecular weight is 435 g/mol. The summed E-state index contributed by atoms with van der Waals surface area (Å²) >= 11 is 1.78. The minimum Gasteiger partial charge on any atom is -0.300 e. The number of rotatable bonds is 3. The van der Waals surface area contributed by atoms with Gasteiger partial charge in [0, 0.05) is 23.2 Å². The molecule has 1 aromatic rings. The Morgan fingerprint density at radius 3 is 2.55 bits per heavy atom. The van der Waals surface area contributed by atoms with Crippen LogP contribution in [0.4, 0.5) is 0 Å². The predicted molar refractivity (Wildman–Crippen MR) is 127 cm³/mol. The third-order valence-electron chi connectivity index (χ3n) is 9.03. The monoisotopic (exact) mass is 434 g/mol. The third kappa shape index (κ3) is 3.30. The second-order valence-corrected chi connectivity index (χ2v) is 11.5. The highest BCUT2D eigenvalue weighted by Gasteiger charge is 2.59. The van der Waals surface area contributed by atoms with Gasteiger partial charge in [0.15, 0.2) is 5.78 Å². The molecule has 31 heavy (non-hydrogen) atoms. The van der Waals surface area contributed by atoms with Gasteiger partial charge in [-0.1, -0.05) is 31.6 Å². The summed E-state index contributed by atoms with van der Waals surface area (Å²) in [5.41, 5.74) is 5.89. The molecule has 4 aliphatic carbocycles. The topological polar surface area (TPSA) is 34.1 Å². The van der Waals surface area contributed by atoms with E-state index >= 15 is 0 Å². The Hall–Kier alpha value is -1.61. The van der Waals surface area contributed by atoms with Gasteiger partial charge in [-0.3, -0.25) is 9.59 Å². The van der Waals surface area contributed by atoms with Crippen LogP contribution in [0.25, 0.3) is 0 Å². The standard InChI is InChI=1S/C28H34O2S/c1-16-13-25-23-11-7-19-14-20(30)8-12-22(19)26(23)24(15-28(25,3)27(16)17(2)29)18-5-9-21(31-4)10-6-18/h5-6,9-10,14,16,23-25,27H,7-8,11-13,15H2,1-4H3/t16-,23+,24-,25+,27-,28+/m1/s1. The molecule has 0 N–H and O–H groups in total. The number of fused-ring (bicyclic) bond motifs is 4. The van der Waals surface area contributed by atoms with Gasteiger partial charge in [-0.15, -0.1) is 11.8 Å². The van der Waals surface area contributed by atoms with Gasteiger partial charge in [-0.25, -0.2) is 0 Å². The molecular formula is C28H34O2S. The first-order chi connectivity index (χ1) is 14.8. The number of allylic oxidation sites excluding steroid dienone is 4. The van der Waals surface area contributed by atoms with Crippen LogP contribution in [0.3, 0.4) is 0 Å². The number of ketones is 2. The smallest absolute Gasteiger partial charge is 0.156 e. The fourth-order valence-electron chi connectivity index (χ4n) is 8.03. The van der Waals surface area contributed by atoms with Crippen LogP contribution in [-0.2, 0) is 9.59 Å². The highest BCUT2D eigenvalue weighted by molar-refractivity contribution is 7.98. The van der Waals surface area contributed by atoms with Gasteiger partial charge >= 0.3 is 0 Å². The second kappa shape index (κ2) is 7.76. The van der Waals surface area contributed by atoms with Crippen molar-refractivity contribution in [3.63, 3.8) is 0 Å². The number of carbonyl (C=O) groups excluding carboxylic acids is 2. The van der Waals surface area contributed by atoms with E-state index in [4.69, 9.17) is 0 Å². The molecule has 0 heterocycles. The quantitative estimate of drug-likeness (QED) is 0.493. The Kier molecular flexibility index (Phi) is 5.32. The molecule has 0 saturated heterocycles.